The first-order valence-electron chi connectivity index (χ1n) is 14.8. The first-order chi connectivity index (χ1) is 20.0. The number of allylic oxidation sites excluding steroid dienone is 1. The van der Waals surface area contributed by atoms with E-state index in [0.29, 0.717) is 30.3 Å². The highest BCUT2D eigenvalue weighted by Crippen LogP contribution is 2.40. The van der Waals surface area contributed by atoms with Gasteiger partial charge in [-0.1, -0.05) is 36.7 Å². The van der Waals surface area contributed by atoms with Crippen LogP contribution < -0.4 is 14.4 Å². The van der Waals surface area contributed by atoms with Gasteiger partial charge in [0.25, 0.3) is 5.91 Å². The molecule has 0 saturated heterocycles. The largest absolute Gasteiger partial charge is 0.487 e. The number of hydrogen-bond acceptors (Lipinski definition) is 6. The molecule has 1 amide bonds. The van der Waals surface area contributed by atoms with E-state index in [9.17, 15) is 18.3 Å². The van der Waals surface area contributed by atoms with E-state index in [1.807, 2.05) is 25.1 Å². The number of amides is 1. The molecule has 0 unspecified atom stereocenters. The van der Waals surface area contributed by atoms with Crippen molar-refractivity contribution in [2.45, 2.75) is 70.3 Å². The molecular formula is C33H43ClN2O5S. The lowest BCUT2D eigenvalue weighted by Gasteiger charge is -2.42. The van der Waals surface area contributed by atoms with Gasteiger partial charge in [-0.05, 0) is 105 Å². The molecule has 1 aliphatic heterocycles. The van der Waals surface area contributed by atoms with Gasteiger partial charge in [0, 0.05) is 23.7 Å². The summed E-state index contributed by atoms with van der Waals surface area (Å²) in [4.78, 5) is 15.5. The van der Waals surface area contributed by atoms with Crippen LogP contribution in [0.15, 0.2) is 61.7 Å². The summed E-state index contributed by atoms with van der Waals surface area (Å²) in [6.07, 6.45) is 7.90. The van der Waals surface area contributed by atoms with Crippen molar-refractivity contribution >= 4 is 33.2 Å². The number of carbonyl (C=O) groups excluding carboxylic acids is 1. The highest BCUT2D eigenvalue weighted by molar-refractivity contribution is 7.90. The van der Waals surface area contributed by atoms with E-state index in [4.69, 9.17) is 16.3 Å². The third kappa shape index (κ3) is 7.57. The molecule has 1 fully saturated rings. The first kappa shape index (κ1) is 32.1. The van der Waals surface area contributed by atoms with Crippen LogP contribution in [0, 0.1) is 17.8 Å². The minimum atomic E-state index is -3.90. The standard InChI is InChI=1S/C33H43ClN2O5S/c1-5-9-22(3)23(4)42(39,40)35-33(38)25-13-16-32-30(19-25)36(20-26-12-15-29(26)31(37)6-2)17-8-7-10-24-18-28(34)14-11-27(24)21-41-32/h5-6,11,13-14,16,18-19,22-23,26,29,31,37H,1-2,7-10,12,15,17,20-21H2,3-4H3,(H,35,38)/t22-,23+,26-,29+,31-/m0/s1. The van der Waals surface area contributed by atoms with Crippen LogP contribution in [0.3, 0.4) is 0 Å². The Morgan fingerprint density at radius 2 is 1.95 bits per heavy atom. The molecule has 1 saturated carbocycles. The minimum absolute atomic E-state index is 0.132. The molecule has 42 heavy (non-hydrogen) atoms. The van der Waals surface area contributed by atoms with Crippen LogP contribution in [-0.2, 0) is 23.1 Å². The smallest absolute Gasteiger partial charge is 0.264 e. The van der Waals surface area contributed by atoms with Crippen LogP contribution in [0.5, 0.6) is 5.75 Å². The molecule has 0 bridgehead atoms. The predicted octanol–water partition coefficient (Wildman–Crippen LogP) is 6.30. The number of aliphatic hydroxyl groups excluding tert-OH is 1. The van der Waals surface area contributed by atoms with Crippen LogP contribution in [0.25, 0.3) is 0 Å². The fourth-order valence-electron chi connectivity index (χ4n) is 5.85. The van der Waals surface area contributed by atoms with Gasteiger partial charge in [-0.25, -0.2) is 13.1 Å². The van der Waals surface area contributed by atoms with Crippen molar-refractivity contribution in [3.63, 3.8) is 0 Å². The second kappa shape index (κ2) is 14.1. The van der Waals surface area contributed by atoms with Crippen LogP contribution in [0.2, 0.25) is 5.02 Å². The van der Waals surface area contributed by atoms with Crippen molar-refractivity contribution in [1.29, 1.82) is 0 Å². The Labute approximate surface area is 255 Å². The Bertz CT molecular complexity index is 1390. The van der Waals surface area contributed by atoms with Crippen LogP contribution in [0.4, 0.5) is 5.69 Å². The van der Waals surface area contributed by atoms with Crippen LogP contribution in [-0.4, -0.2) is 43.9 Å². The SMILES string of the molecule is C=CC[C@H](C)[C@@H](C)S(=O)(=O)NC(=O)c1ccc2c(c1)N(C[C@@H]1CC[C@H]1[C@@H](O)C=C)CCCCc1cc(Cl)ccc1CO2. The maximum atomic E-state index is 13.3. The molecule has 228 valence electrons. The Balaban J connectivity index is 1.66. The number of benzene rings is 2. The summed E-state index contributed by atoms with van der Waals surface area (Å²) in [7, 11) is -3.90. The zero-order valence-electron chi connectivity index (χ0n) is 24.6. The van der Waals surface area contributed by atoms with Gasteiger partial charge < -0.3 is 14.7 Å². The molecular weight excluding hydrogens is 572 g/mol. The van der Waals surface area contributed by atoms with Gasteiger partial charge in [0.2, 0.25) is 10.0 Å². The van der Waals surface area contributed by atoms with Gasteiger partial charge in [-0.3, -0.25) is 4.79 Å². The summed E-state index contributed by atoms with van der Waals surface area (Å²) in [5.74, 6) is 0.144. The number of sulfonamides is 1. The highest BCUT2D eigenvalue weighted by atomic mass is 35.5. The van der Waals surface area contributed by atoms with Crippen LogP contribution >= 0.6 is 11.6 Å². The molecule has 0 spiro atoms. The summed E-state index contributed by atoms with van der Waals surface area (Å²) >= 11 is 6.29. The summed E-state index contributed by atoms with van der Waals surface area (Å²) in [6, 6.07) is 10.9. The third-order valence-electron chi connectivity index (χ3n) is 8.91. The normalized spacial score (nSPS) is 21.2. The lowest BCUT2D eigenvalue weighted by atomic mass is 9.70. The quantitative estimate of drug-likeness (QED) is 0.305. The van der Waals surface area contributed by atoms with Crippen molar-refractivity contribution in [3.8, 4) is 5.75 Å². The average Bonchev–Trinajstić information content (AvgIpc) is 2.97. The van der Waals surface area contributed by atoms with Crippen LogP contribution in [0.1, 0.15) is 67.4 Å². The summed E-state index contributed by atoms with van der Waals surface area (Å²) in [5, 5.41) is 10.4. The van der Waals surface area contributed by atoms with Gasteiger partial charge >= 0.3 is 0 Å². The molecule has 5 atom stereocenters. The van der Waals surface area contributed by atoms with E-state index >= 15 is 0 Å². The number of aliphatic hydroxyl groups is 1. The Kier molecular flexibility index (Phi) is 10.8. The molecule has 0 radical (unpaired) electrons. The van der Waals surface area contributed by atoms with E-state index in [0.717, 1.165) is 55.5 Å². The number of carbonyl (C=O) groups is 1. The van der Waals surface area contributed by atoms with Gasteiger partial charge in [0.1, 0.15) is 12.4 Å². The molecule has 1 aliphatic carbocycles. The molecule has 7 nitrogen and oxygen atoms in total. The Morgan fingerprint density at radius 1 is 1.17 bits per heavy atom. The van der Waals surface area contributed by atoms with E-state index in [1.165, 1.54) is 0 Å². The summed E-state index contributed by atoms with van der Waals surface area (Å²) in [5.41, 5.74) is 3.20. The molecule has 9 heteroatoms. The number of nitrogens with zero attached hydrogens (tertiary/aromatic N) is 1. The van der Waals surface area contributed by atoms with E-state index in [-0.39, 0.29) is 23.3 Å². The predicted molar refractivity (Wildman–Crippen MR) is 170 cm³/mol. The molecule has 0 aromatic heterocycles. The number of nitrogens with one attached hydrogen (secondary N) is 1. The lowest BCUT2D eigenvalue weighted by molar-refractivity contribution is 0.0465. The lowest BCUT2D eigenvalue weighted by Crippen LogP contribution is -2.43. The third-order valence-corrected chi connectivity index (χ3v) is 11.1. The fourth-order valence-corrected chi connectivity index (χ4v) is 7.33. The summed E-state index contributed by atoms with van der Waals surface area (Å²) in [6.45, 7) is 12.6. The molecule has 4 rings (SSSR count). The molecule has 2 N–H and O–H groups in total. The maximum absolute atomic E-state index is 13.3. The van der Waals surface area contributed by atoms with E-state index in [2.05, 4.69) is 22.8 Å². The molecule has 2 aromatic carbocycles. The second-order valence-electron chi connectivity index (χ2n) is 11.7. The maximum Gasteiger partial charge on any atom is 0.264 e. The number of ether oxygens (including phenoxy) is 1. The fraction of sp³-hybridized carbons (Fsp3) is 0.485. The number of anilines is 1. The van der Waals surface area contributed by atoms with Crippen molar-refractivity contribution < 1.29 is 23.1 Å². The Hall–Kier alpha value is -2.81. The highest BCUT2D eigenvalue weighted by Gasteiger charge is 2.36. The van der Waals surface area contributed by atoms with Crippen molar-refractivity contribution in [2.75, 3.05) is 18.0 Å². The molecule has 1 heterocycles. The van der Waals surface area contributed by atoms with Crippen molar-refractivity contribution in [3.05, 3.63) is 83.4 Å². The topological polar surface area (TPSA) is 95.9 Å². The zero-order valence-corrected chi connectivity index (χ0v) is 26.2. The molecule has 2 aliphatic rings. The van der Waals surface area contributed by atoms with Gasteiger partial charge in [-0.2, -0.15) is 0 Å². The van der Waals surface area contributed by atoms with Gasteiger partial charge in [-0.15, -0.1) is 13.2 Å². The van der Waals surface area contributed by atoms with Crippen molar-refractivity contribution in [1.82, 2.24) is 4.72 Å². The second-order valence-corrected chi connectivity index (χ2v) is 14.2. The van der Waals surface area contributed by atoms with Gasteiger partial charge in [0.05, 0.1) is 17.0 Å². The minimum Gasteiger partial charge on any atom is -0.487 e. The van der Waals surface area contributed by atoms with E-state index in [1.54, 1.807) is 37.3 Å². The number of aryl methyl sites for hydroxylation is 1. The number of halogens is 1. The molecule has 2 aromatic rings. The Morgan fingerprint density at radius 3 is 2.64 bits per heavy atom. The summed E-state index contributed by atoms with van der Waals surface area (Å²) < 4.78 is 34.7. The van der Waals surface area contributed by atoms with E-state index < -0.39 is 27.3 Å². The van der Waals surface area contributed by atoms with Gasteiger partial charge in [0.15, 0.2) is 0 Å². The number of rotatable bonds is 10. The first-order valence-corrected chi connectivity index (χ1v) is 16.7. The average molecular weight is 615 g/mol. The zero-order chi connectivity index (χ0) is 30.4. The number of hydrogen-bond donors (Lipinski definition) is 2. The van der Waals surface area contributed by atoms with Crippen molar-refractivity contribution in [2.24, 2.45) is 17.8 Å². The number of fused-ring (bicyclic) bond motifs is 2. The monoisotopic (exact) mass is 614 g/mol.